The number of carbonyl (C=O) groups excluding carboxylic acids is 1. The normalized spacial score (nSPS) is 10.4. The molecule has 0 saturated carbocycles. The highest BCUT2D eigenvalue weighted by atomic mass is 35.5. The number of nitro groups is 1. The number of nitrogens with one attached hydrogen (secondary N) is 1. The van der Waals surface area contributed by atoms with Gasteiger partial charge in [0.2, 0.25) is 0 Å². The minimum Gasteiger partial charge on any atom is -0.491 e. The highest BCUT2D eigenvalue weighted by Gasteiger charge is 2.16. The molecule has 0 saturated heterocycles. The third kappa shape index (κ3) is 4.43. The first-order valence-electron chi connectivity index (χ1n) is 6.89. The quantitative estimate of drug-likeness (QED) is 0.653. The third-order valence-corrected chi connectivity index (χ3v) is 3.21. The van der Waals surface area contributed by atoms with Crippen molar-refractivity contribution >= 4 is 28.9 Å². The van der Waals surface area contributed by atoms with Crippen LogP contribution < -0.4 is 10.1 Å². The summed E-state index contributed by atoms with van der Waals surface area (Å²) in [6, 6.07) is 10.8. The molecule has 0 heterocycles. The lowest BCUT2D eigenvalue weighted by molar-refractivity contribution is -0.384. The van der Waals surface area contributed by atoms with Crippen LogP contribution in [0.1, 0.15) is 24.2 Å². The van der Waals surface area contributed by atoms with E-state index >= 15 is 0 Å². The number of nitrogens with zero attached hydrogens (tertiary/aromatic N) is 1. The largest absolute Gasteiger partial charge is 0.491 e. The second kappa shape index (κ2) is 7.11. The lowest BCUT2D eigenvalue weighted by atomic mass is 10.2. The maximum Gasteiger partial charge on any atom is 0.288 e. The van der Waals surface area contributed by atoms with Gasteiger partial charge in [0.25, 0.3) is 11.6 Å². The van der Waals surface area contributed by atoms with Gasteiger partial charge in [-0.2, -0.15) is 0 Å². The highest BCUT2D eigenvalue weighted by molar-refractivity contribution is 6.32. The van der Waals surface area contributed by atoms with Gasteiger partial charge in [-0.25, -0.2) is 0 Å². The Morgan fingerprint density at radius 3 is 2.43 bits per heavy atom. The van der Waals surface area contributed by atoms with Crippen LogP contribution in [0.5, 0.6) is 5.75 Å². The van der Waals surface area contributed by atoms with Crippen molar-refractivity contribution in [3.63, 3.8) is 0 Å². The molecule has 0 atom stereocenters. The fourth-order valence-electron chi connectivity index (χ4n) is 1.89. The second-order valence-corrected chi connectivity index (χ2v) is 5.48. The Morgan fingerprint density at radius 2 is 1.87 bits per heavy atom. The van der Waals surface area contributed by atoms with Gasteiger partial charge in [0.15, 0.2) is 0 Å². The molecule has 0 bridgehead atoms. The van der Waals surface area contributed by atoms with Crippen LogP contribution in [0, 0.1) is 10.1 Å². The van der Waals surface area contributed by atoms with Gasteiger partial charge in [0, 0.05) is 17.3 Å². The fourth-order valence-corrected chi connectivity index (χ4v) is 2.07. The molecule has 0 spiro atoms. The summed E-state index contributed by atoms with van der Waals surface area (Å²) in [6.45, 7) is 3.84. The lowest BCUT2D eigenvalue weighted by Crippen LogP contribution is -2.12. The monoisotopic (exact) mass is 334 g/mol. The van der Waals surface area contributed by atoms with Crippen LogP contribution in [0.2, 0.25) is 5.02 Å². The lowest BCUT2D eigenvalue weighted by Gasteiger charge is -2.10. The number of hydrogen-bond donors (Lipinski definition) is 1. The summed E-state index contributed by atoms with van der Waals surface area (Å²) in [5.41, 5.74) is 0.410. The molecule has 2 rings (SSSR count). The molecule has 1 N–H and O–H groups in total. The molecule has 2 aromatic rings. The smallest absolute Gasteiger partial charge is 0.288 e. The summed E-state index contributed by atoms with van der Waals surface area (Å²) < 4.78 is 5.51. The van der Waals surface area contributed by atoms with E-state index in [0.29, 0.717) is 11.4 Å². The van der Waals surface area contributed by atoms with Crippen molar-refractivity contribution in [3.8, 4) is 5.75 Å². The van der Waals surface area contributed by atoms with E-state index in [4.69, 9.17) is 16.3 Å². The Morgan fingerprint density at radius 1 is 1.22 bits per heavy atom. The first kappa shape index (κ1) is 16.8. The Hall–Kier alpha value is -2.60. The molecule has 1 amide bonds. The molecule has 0 aliphatic carbocycles. The summed E-state index contributed by atoms with van der Waals surface area (Å²) in [6.07, 6.45) is 0.0602. The summed E-state index contributed by atoms with van der Waals surface area (Å²) in [5, 5.41) is 13.5. The van der Waals surface area contributed by atoms with E-state index in [1.165, 1.54) is 12.1 Å². The molecule has 0 unspecified atom stereocenters. The van der Waals surface area contributed by atoms with Crippen molar-refractivity contribution in [2.75, 3.05) is 5.32 Å². The van der Waals surface area contributed by atoms with E-state index in [1.54, 1.807) is 24.3 Å². The Kier molecular flexibility index (Phi) is 5.18. The molecular weight excluding hydrogens is 320 g/mol. The van der Waals surface area contributed by atoms with Crippen LogP contribution in [0.3, 0.4) is 0 Å². The standard InChI is InChI=1S/C16H15ClN2O4/c1-10(2)23-13-6-4-12(5-7-13)18-16(20)11-3-8-14(17)15(9-11)19(21)22/h3-10H,1-2H3,(H,18,20). The van der Waals surface area contributed by atoms with Gasteiger partial charge in [-0.1, -0.05) is 11.6 Å². The highest BCUT2D eigenvalue weighted by Crippen LogP contribution is 2.25. The summed E-state index contributed by atoms with van der Waals surface area (Å²) in [7, 11) is 0. The van der Waals surface area contributed by atoms with E-state index in [-0.39, 0.29) is 22.4 Å². The molecule has 0 aromatic heterocycles. The molecule has 6 nitrogen and oxygen atoms in total. The molecular formula is C16H15ClN2O4. The summed E-state index contributed by atoms with van der Waals surface area (Å²) in [5.74, 6) is 0.238. The van der Waals surface area contributed by atoms with Crippen LogP contribution in [0.4, 0.5) is 11.4 Å². The number of carbonyl (C=O) groups is 1. The first-order valence-corrected chi connectivity index (χ1v) is 7.26. The van der Waals surface area contributed by atoms with E-state index in [9.17, 15) is 14.9 Å². The fraction of sp³-hybridized carbons (Fsp3) is 0.188. The number of anilines is 1. The molecule has 23 heavy (non-hydrogen) atoms. The van der Waals surface area contributed by atoms with Crippen molar-refractivity contribution in [2.45, 2.75) is 20.0 Å². The average molecular weight is 335 g/mol. The number of amides is 1. The number of benzene rings is 2. The molecule has 0 fully saturated rings. The molecule has 0 aliphatic rings. The SMILES string of the molecule is CC(C)Oc1ccc(NC(=O)c2ccc(Cl)c([N+](=O)[O-])c2)cc1. The van der Waals surface area contributed by atoms with Crippen molar-refractivity contribution in [2.24, 2.45) is 0 Å². The second-order valence-electron chi connectivity index (χ2n) is 5.07. The Bertz CT molecular complexity index is 729. The first-order chi connectivity index (χ1) is 10.9. The van der Waals surface area contributed by atoms with Crippen molar-refractivity contribution < 1.29 is 14.5 Å². The number of rotatable bonds is 5. The van der Waals surface area contributed by atoms with E-state index < -0.39 is 10.8 Å². The van der Waals surface area contributed by atoms with Crippen molar-refractivity contribution in [3.05, 3.63) is 63.2 Å². The number of hydrogen-bond acceptors (Lipinski definition) is 4. The predicted octanol–water partition coefficient (Wildman–Crippen LogP) is 4.29. The predicted molar refractivity (Wildman–Crippen MR) is 88.3 cm³/mol. The van der Waals surface area contributed by atoms with Crippen LogP contribution in [-0.2, 0) is 0 Å². The summed E-state index contributed by atoms with van der Waals surface area (Å²) in [4.78, 5) is 22.4. The number of nitro benzene ring substituents is 1. The zero-order valence-electron chi connectivity index (χ0n) is 12.6. The van der Waals surface area contributed by atoms with Gasteiger partial charge >= 0.3 is 0 Å². The van der Waals surface area contributed by atoms with Gasteiger partial charge in [-0.15, -0.1) is 0 Å². The maximum atomic E-state index is 12.2. The van der Waals surface area contributed by atoms with E-state index in [2.05, 4.69) is 5.32 Å². The number of halogens is 1. The minimum atomic E-state index is -0.628. The van der Waals surface area contributed by atoms with Crippen LogP contribution >= 0.6 is 11.6 Å². The maximum absolute atomic E-state index is 12.2. The zero-order chi connectivity index (χ0) is 17.0. The van der Waals surface area contributed by atoms with E-state index in [0.717, 1.165) is 6.07 Å². The Labute approximate surface area is 138 Å². The van der Waals surface area contributed by atoms with Gasteiger partial charge in [-0.3, -0.25) is 14.9 Å². The zero-order valence-corrected chi connectivity index (χ0v) is 13.3. The van der Waals surface area contributed by atoms with Crippen LogP contribution in [-0.4, -0.2) is 16.9 Å². The molecule has 0 aliphatic heterocycles. The summed E-state index contributed by atoms with van der Waals surface area (Å²) >= 11 is 5.73. The molecule has 7 heteroatoms. The average Bonchev–Trinajstić information content (AvgIpc) is 2.48. The van der Waals surface area contributed by atoms with Gasteiger partial charge in [-0.05, 0) is 50.2 Å². The molecule has 2 aromatic carbocycles. The topological polar surface area (TPSA) is 81.5 Å². The molecule has 120 valence electrons. The minimum absolute atomic E-state index is 0.0123. The van der Waals surface area contributed by atoms with E-state index in [1.807, 2.05) is 13.8 Å². The third-order valence-electron chi connectivity index (χ3n) is 2.89. The van der Waals surface area contributed by atoms with Gasteiger partial charge in [0.05, 0.1) is 11.0 Å². The van der Waals surface area contributed by atoms with Crippen LogP contribution in [0.15, 0.2) is 42.5 Å². The van der Waals surface area contributed by atoms with Crippen molar-refractivity contribution in [1.29, 1.82) is 0 Å². The number of ether oxygens (including phenoxy) is 1. The van der Waals surface area contributed by atoms with Gasteiger partial charge < -0.3 is 10.1 Å². The Balaban J connectivity index is 2.13. The molecule has 0 radical (unpaired) electrons. The van der Waals surface area contributed by atoms with Crippen molar-refractivity contribution in [1.82, 2.24) is 0 Å². The van der Waals surface area contributed by atoms with Gasteiger partial charge in [0.1, 0.15) is 10.8 Å². The van der Waals surface area contributed by atoms with Crippen LogP contribution in [0.25, 0.3) is 0 Å².